The van der Waals surface area contributed by atoms with Crippen molar-refractivity contribution in [3.63, 3.8) is 0 Å². The number of amides is 1. The molecule has 1 amide bonds. The molecule has 9 aliphatic heterocycles. The average Bonchev–Trinajstić information content (AvgIpc) is 1.58. The lowest BCUT2D eigenvalue weighted by Crippen LogP contribution is -2.46. The first kappa shape index (κ1) is 80.3. The third kappa shape index (κ3) is 20.0. The van der Waals surface area contributed by atoms with Crippen molar-refractivity contribution >= 4 is 37.2 Å². The highest BCUT2D eigenvalue weighted by atomic mass is 31.2. The van der Waals surface area contributed by atoms with E-state index < -0.39 is 232 Å². The number of alkyl halides is 4. The van der Waals surface area contributed by atoms with Gasteiger partial charge in [0.1, 0.15) is 103 Å². The second kappa shape index (κ2) is 34.1. The number of aryl methyl sites for hydroxylation is 3. The van der Waals surface area contributed by atoms with Crippen molar-refractivity contribution < 1.29 is 160 Å². The van der Waals surface area contributed by atoms with Gasteiger partial charge in [-0.25, -0.2) is 67.8 Å². The SMILES string of the molecule is Cc1cn([C@@H]2O[C@](F)(COP3(=O)OCc4cc(F)ccc4O3)C[C@H]2O)c(=O)[nH]c1=O.[2H]C([2H])(OP1(=O)OCc2cc(F)ccc2O1)[C@]1(F)C[C@@H](O)[C@H](n2cc(C)c(=O)[nH]c2=O)O1.[2H]C([2H])(OP1(=O)OCc2cc(F)ccc2O1)[C@]1(F)C[C@@H](O)[C@]([2H])(N2C=C(C)C(=O)NC2=C)O1.[2H][C@@]1(n2cc(C)c(=O)[nH]c2=O)O[C@](F)(COP2(=O)OCc3cc(F)ccc3O2)C[C@H]1O. The summed E-state index contributed by atoms with van der Waals surface area (Å²) in [6.07, 6.45) is -14.8. The monoisotopic (exact) mass is 1790 g/mol. The Hall–Kier alpha value is -9.41. The van der Waals surface area contributed by atoms with Crippen LogP contribution in [0.4, 0.5) is 35.1 Å². The number of aromatic amines is 3. The summed E-state index contributed by atoms with van der Waals surface area (Å²) in [5, 5.41) is 43.4. The van der Waals surface area contributed by atoms with Gasteiger partial charge in [0.15, 0.2) is 24.9 Å². The molecule has 0 saturated carbocycles. The molecule has 4 aromatic carbocycles. The van der Waals surface area contributed by atoms with E-state index in [1.165, 1.54) is 39.8 Å². The lowest BCUT2D eigenvalue weighted by Gasteiger charge is -2.34. The summed E-state index contributed by atoms with van der Waals surface area (Å²) < 4.78 is 296. The van der Waals surface area contributed by atoms with E-state index in [1.54, 1.807) is 0 Å². The molecule has 4 unspecified atom stereocenters. The number of benzene rings is 4. The van der Waals surface area contributed by atoms with Gasteiger partial charge >= 0.3 is 48.4 Å². The maximum Gasteiger partial charge on any atom is 0.530 e. The van der Waals surface area contributed by atoms with Gasteiger partial charge in [0.2, 0.25) is 23.4 Å². The van der Waals surface area contributed by atoms with Crippen molar-refractivity contribution in [1.29, 1.82) is 0 Å². The Morgan fingerprint density at radius 1 is 0.467 bits per heavy atom. The van der Waals surface area contributed by atoms with Gasteiger partial charge in [-0.2, -0.15) is 0 Å². The molecule has 12 heterocycles. The Balaban J connectivity index is 0.000000144. The lowest BCUT2D eigenvalue weighted by atomic mass is 10.1. The fourth-order valence-corrected chi connectivity index (χ4v) is 16.7. The van der Waals surface area contributed by atoms with Gasteiger partial charge in [-0.3, -0.25) is 84.0 Å². The van der Waals surface area contributed by atoms with E-state index in [0.717, 1.165) is 94.9 Å². The van der Waals surface area contributed by atoms with E-state index in [4.69, 9.17) is 81.5 Å². The number of phosphoric ester groups is 4. The lowest BCUT2D eigenvalue weighted by molar-refractivity contribution is -0.184. The van der Waals surface area contributed by atoms with Crippen LogP contribution in [0.3, 0.4) is 0 Å². The van der Waals surface area contributed by atoms with E-state index in [9.17, 15) is 89.8 Å². The number of carbonyl (C=O) groups is 1. The van der Waals surface area contributed by atoms with Crippen molar-refractivity contribution in [2.75, 3.05) is 26.3 Å². The average molecular weight is 1790 g/mol. The summed E-state index contributed by atoms with van der Waals surface area (Å²) in [6.45, 7) is -1.54. The van der Waals surface area contributed by atoms with E-state index in [2.05, 4.69) is 11.9 Å². The van der Waals surface area contributed by atoms with Crippen LogP contribution < -0.4 is 57.2 Å². The second-order valence-corrected chi connectivity index (χ2v) is 33.5. The fraction of sp³-hybridized carbons (Fsp3) is 0.406. The molecule has 9 aliphatic rings. The number of fused-ring (bicyclic) bond motifs is 4. The van der Waals surface area contributed by atoms with Crippen molar-refractivity contribution in [2.24, 2.45) is 0 Å². The molecule has 648 valence electrons. The molecule has 0 spiro atoms. The largest absolute Gasteiger partial charge is 0.530 e. The van der Waals surface area contributed by atoms with Crippen molar-refractivity contribution in [3.05, 3.63) is 240 Å². The quantitative estimate of drug-likeness (QED) is 0.0344. The number of aromatic nitrogens is 6. The molecule has 4 saturated heterocycles. The predicted octanol–water partition coefficient (Wildman–Crippen LogP) is 7.43. The first-order valence-electron chi connectivity index (χ1n) is 37.8. The first-order chi connectivity index (χ1) is 58.5. The Bertz CT molecular complexity index is 6170. The minimum atomic E-state index is -4.76. The number of hydrogen-bond acceptors (Lipinski definition) is 32. The zero-order valence-corrected chi connectivity index (χ0v) is 65.5. The number of nitrogens with one attached hydrogen (secondary N) is 4. The summed E-state index contributed by atoms with van der Waals surface area (Å²) in [7, 11) is -18.0. The summed E-state index contributed by atoms with van der Waals surface area (Å²) >= 11 is 0. The van der Waals surface area contributed by atoms with Gasteiger partial charge in [-0.05, 0) is 100 Å². The third-order valence-corrected chi connectivity index (χ3v) is 22.9. The van der Waals surface area contributed by atoms with Crippen molar-refractivity contribution in [2.45, 2.75) is 153 Å². The Labute approximate surface area is 676 Å². The number of halogens is 8. The standard InChI is InChI=1S/C18H19F2N2O7P.3C17H17F2N2O8P/c1-10-7-22(11(2)21-16(10)24)17-14(23)6-18(20,28-17)9-27-30(25)26-8-12-5-13(19)3-4-15(12)29-30;3*1-9-6-21(16(24)20-14(9)23)15-12(22)5-17(19,28-15)8-27-30(25)26-7-10-4-11(18)2-3-13(10)29-30/h3-5,7,14,17,23H,2,6,8-9H2,1H3,(H,21,24);3*2-4,6,12,15,22H,5,7-8H2,1H3,(H,20,23,24)/t14-,17-,18+,30?;3*12-,15-,17+,30?/m1111/s1/i9D2,17D;15D;8D2;. The van der Waals surface area contributed by atoms with Crippen LogP contribution in [0.2, 0.25) is 0 Å². The highest BCUT2D eigenvalue weighted by Gasteiger charge is 2.56. The molecule has 7 aromatic rings. The van der Waals surface area contributed by atoms with Crippen LogP contribution in [0.15, 0.2) is 144 Å². The molecule has 16 atom stereocenters. The van der Waals surface area contributed by atoms with Crippen LogP contribution in [0.25, 0.3) is 0 Å². The first-order valence-corrected chi connectivity index (χ1v) is 40.7. The number of H-pyrrole nitrogens is 3. The Morgan fingerprint density at radius 2 is 0.775 bits per heavy atom. The molecular formula is C69H70F8N8O31P4. The number of phosphoric acid groups is 4. The van der Waals surface area contributed by atoms with E-state index >= 15 is 17.6 Å². The molecule has 8 N–H and O–H groups in total. The topological polar surface area (TPSA) is 494 Å². The number of hydrogen-bond donors (Lipinski definition) is 8. The Morgan fingerprint density at radius 3 is 1.18 bits per heavy atom. The van der Waals surface area contributed by atoms with Gasteiger partial charge in [-0.15, -0.1) is 0 Å². The highest BCUT2D eigenvalue weighted by molar-refractivity contribution is 7.49. The number of aliphatic hydroxyl groups is 4. The number of nitrogens with zero attached hydrogens (tertiary/aromatic N) is 4. The summed E-state index contributed by atoms with van der Waals surface area (Å²) in [5.41, 5.74) is -3.79. The maximum absolute atomic E-state index is 15.7. The van der Waals surface area contributed by atoms with E-state index in [-0.39, 0.29) is 81.0 Å². The molecule has 3 aromatic heterocycles. The molecule has 120 heavy (non-hydrogen) atoms. The van der Waals surface area contributed by atoms with Crippen LogP contribution in [-0.4, -0.2) is 140 Å². The number of aliphatic hydroxyl groups excluding tert-OH is 4. The minimum absolute atomic E-state index is 0.0261. The van der Waals surface area contributed by atoms with E-state index in [1.807, 2.05) is 15.0 Å². The number of carbonyl (C=O) groups excluding carboxylic acids is 1. The van der Waals surface area contributed by atoms with Gasteiger partial charge < -0.3 is 67.7 Å². The second-order valence-electron chi connectivity index (χ2n) is 27.3. The molecule has 0 aliphatic carbocycles. The smallest absolute Gasteiger partial charge is 0.404 e. The van der Waals surface area contributed by atoms with Gasteiger partial charge in [0, 0.05) is 95.0 Å². The van der Waals surface area contributed by atoms with Crippen LogP contribution >= 0.6 is 31.3 Å². The summed E-state index contributed by atoms with van der Waals surface area (Å²) in [5.74, 6) is -15.6. The zero-order chi connectivity index (χ0) is 92.2. The molecule has 16 rings (SSSR count). The van der Waals surface area contributed by atoms with Crippen molar-refractivity contribution in [1.82, 2.24) is 38.9 Å². The highest BCUT2D eigenvalue weighted by Crippen LogP contribution is 2.60. The van der Waals surface area contributed by atoms with E-state index in [0.29, 0.717) is 14.7 Å². The molecule has 4 fully saturated rings. The Kier molecular flexibility index (Phi) is 22.8. The fourth-order valence-electron chi connectivity index (χ4n) is 12.0. The van der Waals surface area contributed by atoms with Crippen LogP contribution in [0, 0.1) is 44.0 Å². The van der Waals surface area contributed by atoms with Crippen LogP contribution in [-0.2, 0) is 105 Å². The van der Waals surface area contributed by atoms with Crippen LogP contribution in [0.5, 0.6) is 23.0 Å². The van der Waals surface area contributed by atoms with Crippen LogP contribution in [0.1, 0.15) is 98.4 Å². The number of ether oxygens (including phenoxy) is 4. The van der Waals surface area contributed by atoms with Gasteiger partial charge in [0.25, 0.3) is 22.6 Å². The molecule has 51 heteroatoms. The molecule has 0 radical (unpaired) electrons. The van der Waals surface area contributed by atoms with Gasteiger partial charge in [0.05, 0.1) is 34.7 Å². The molecule has 0 bridgehead atoms. The maximum atomic E-state index is 15.7. The predicted molar refractivity (Wildman–Crippen MR) is 386 cm³/mol. The molecule has 39 nitrogen and oxygen atoms in total. The number of rotatable bonds is 16. The normalized spacial score (nSPS) is 33.6. The zero-order valence-electron chi connectivity index (χ0n) is 67.9. The summed E-state index contributed by atoms with van der Waals surface area (Å²) in [6, 6.07) is 13.2. The summed E-state index contributed by atoms with van der Waals surface area (Å²) in [4.78, 5) is 89.1. The van der Waals surface area contributed by atoms with Gasteiger partial charge in [-0.1, -0.05) is 6.58 Å². The minimum Gasteiger partial charge on any atom is -0.404 e. The van der Waals surface area contributed by atoms with Crippen molar-refractivity contribution in [3.8, 4) is 23.0 Å². The third-order valence-electron chi connectivity index (χ3n) is 18.0. The molecular weight excluding hydrogens is 1710 g/mol.